The summed E-state index contributed by atoms with van der Waals surface area (Å²) in [7, 11) is 0. The second kappa shape index (κ2) is 9.13. The Morgan fingerprint density at radius 1 is 0.909 bits per heavy atom. The van der Waals surface area contributed by atoms with Gasteiger partial charge in [0.15, 0.2) is 0 Å². The highest BCUT2D eigenvalue weighted by atomic mass is 16.5. The zero-order chi connectivity index (χ0) is 15.8. The molecule has 0 aromatic heterocycles. The van der Waals surface area contributed by atoms with Crippen LogP contribution in [0, 0.1) is 11.8 Å². The summed E-state index contributed by atoms with van der Waals surface area (Å²) in [6, 6.07) is 0. The SMILES string of the molecule is O=C(O)C1CCC(C(=O)NCCOC2CCCCCC2)CC1. The van der Waals surface area contributed by atoms with Crippen molar-refractivity contribution in [2.75, 3.05) is 13.2 Å². The molecule has 126 valence electrons. The van der Waals surface area contributed by atoms with E-state index >= 15 is 0 Å². The first-order valence-electron chi connectivity index (χ1n) is 8.79. The van der Waals surface area contributed by atoms with E-state index in [1.165, 1.54) is 25.7 Å². The van der Waals surface area contributed by atoms with Gasteiger partial charge in [-0.25, -0.2) is 0 Å². The minimum absolute atomic E-state index is 0.0199. The summed E-state index contributed by atoms with van der Waals surface area (Å²) in [6.07, 6.45) is 10.4. The van der Waals surface area contributed by atoms with Gasteiger partial charge in [0.2, 0.25) is 5.91 Å². The average molecular weight is 311 g/mol. The summed E-state index contributed by atoms with van der Waals surface area (Å²) >= 11 is 0. The fourth-order valence-corrected chi connectivity index (χ4v) is 3.56. The third-order valence-electron chi connectivity index (χ3n) is 5.00. The van der Waals surface area contributed by atoms with Gasteiger partial charge < -0.3 is 15.2 Å². The van der Waals surface area contributed by atoms with E-state index in [-0.39, 0.29) is 17.7 Å². The highest BCUT2D eigenvalue weighted by Gasteiger charge is 2.29. The minimum atomic E-state index is -0.726. The zero-order valence-electron chi connectivity index (χ0n) is 13.4. The van der Waals surface area contributed by atoms with Crippen molar-refractivity contribution in [3.63, 3.8) is 0 Å². The van der Waals surface area contributed by atoms with Gasteiger partial charge in [0.25, 0.3) is 0 Å². The summed E-state index contributed by atoms with van der Waals surface area (Å²) in [5.41, 5.74) is 0. The van der Waals surface area contributed by atoms with Crippen molar-refractivity contribution in [1.29, 1.82) is 0 Å². The molecule has 0 aromatic carbocycles. The van der Waals surface area contributed by atoms with Gasteiger partial charge >= 0.3 is 5.97 Å². The van der Waals surface area contributed by atoms with Crippen LogP contribution in [0.3, 0.4) is 0 Å². The molecule has 0 bridgehead atoms. The van der Waals surface area contributed by atoms with Gasteiger partial charge in [-0.15, -0.1) is 0 Å². The van der Waals surface area contributed by atoms with Crippen molar-refractivity contribution in [3.05, 3.63) is 0 Å². The standard InChI is InChI=1S/C17H29NO4/c19-16(13-7-9-14(10-8-13)17(20)21)18-11-12-22-15-5-3-1-2-4-6-15/h13-15H,1-12H2,(H,18,19)(H,20,21). The minimum Gasteiger partial charge on any atom is -0.481 e. The lowest BCUT2D eigenvalue weighted by molar-refractivity contribution is -0.144. The van der Waals surface area contributed by atoms with Crippen molar-refractivity contribution in [2.24, 2.45) is 11.8 Å². The number of carbonyl (C=O) groups excluding carboxylic acids is 1. The Labute approximate surface area is 132 Å². The molecule has 0 spiro atoms. The Hall–Kier alpha value is -1.10. The van der Waals surface area contributed by atoms with Crippen LogP contribution in [0.25, 0.3) is 0 Å². The van der Waals surface area contributed by atoms with E-state index in [1.54, 1.807) is 0 Å². The molecule has 22 heavy (non-hydrogen) atoms. The second-order valence-electron chi connectivity index (χ2n) is 6.66. The number of carbonyl (C=O) groups is 2. The van der Waals surface area contributed by atoms with E-state index in [0.717, 1.165) is 12.8 Å². The molecule has 0 atom stereocenters. The molecular formula is C17H29NO4. The van der Waals surface area contributed by atoms with Gasteiger partial charge in [-0.1, -0.05) is 25.7 Å². The topological polar surface area (TPSA) is 75.6 Å². The molecule has 2 rings (SSSR count). The maximum atomic E-state index is 12.1. The number of amides is 1. The van der Waals surface area contributed by atoms with Crippen molar-refractivity contribution >= 4 is 11.9 Å². The molecule has 2 N–H and O–H groups in total. The highest BCUT2D eigenvalue weighted by Crippen LogP contribution is 2.29. The molecule has 0 saturated heterocycles. The lowest BCUT2D eigenvalue weighted by atomic mass is 9.81. The Bertz CT molecular complexity index is 356. The van der Waals surface area contributed by atoms with E-state index in [0.29, 0.717) is 44.9 Å². The Kier molecular flexibility index (Phi) is 7.16. The number of carboxylic acid groups (broad SMARTS) is 1. The van der Waals surface area contributed by atoms with Crippen LogP contribution in [0.2, 0.25) is 0 Å². The molecule has 2 aliphatic carbocycles. The number of nitrogens with one attached hydrogen (secondary N) is 1. The number of aliphatic carboxylic acids is 1. The molecule has 2 saturated carbocycles. The zero-order valence-corrected chi connectivity index (χ0v) is 13.4. The van der Waals surface area contributed by atoms with Gasteiger partial charge in [0, 0.05) is 12.5 Å². The number of hydrogen-bond donors (Lipinski definition) is 2. The maximum absolute atomic E-state index is 12.1. The van der Waals surface area contributed by atoms with Gasteiger partial charge in [-0.3, -0.25) is 9.59 Å². The first-order valence-corrected chi connectivity index (χ1v) is 8.79. The molecule has 5 heteroatoms. The second-order valence-corrected chi connectivity index (χ2v) is 6.66. The molecule has 0 unspecified atom stereocenters. The van der Waals surface area contributed by atoms with Gasteiger partial charge in [-0.2, -0.15) is 0 Å². The number of rotatable bonds is 6. The molecule has 0 heterocycles. The average Bonchev–Trinajstić information content (AvgIpc) is 2.80. The van der Waals surface area contributed by atoms with Crippen LogP contribution < -0.4 is 5.32 Å². The van der Waals surface area contributed by atoms with Crippen LogP contribution in [0.1, 0.15) is 64.2 Å². The molecule has 1 amide bonds. The molecule has 0 aromatic rings. The highest BCUT2D eigenvalue weighted by molar-refractivity contribution is 5.79. The molecule has 2 aliphatic rings. The van der Waals surface area contributed by atoms with E-state index in [1.807, 2.05) is 0 Å². The summed E-state index contributed by atoms with van der Waals surface area (Å²) in [4.78, 5) is 23.0. The summed E-state index contributed by atoms with van der Waals surface area (Å²) in [5, 5.41) is 11.9. The van der Waals surface area contributed by atoms with Gasteiger partial charge in [-0.05, 0) is 38.5 Å². The van der Waals surface area contributed by atoms with Gasteiger partial charge in [0.05, 0.1) is 18.6 Å². The fourth-order valence-electron chi connectivity index (χ4n) is 3.56. The monoisotopic (exact) mass is 311 g/mol. The fraction of sp³-hybridized carbons (Fsp3) is 0.882. The van der Waals surface area contributed by atoms with Crippen molar-refractivity contribution in [3.8, 4) is 0 Å². The van der Waals surface area contributed by atoms with Crippen LogP contribution in [0.5, 0.6) is 0 Å². The van der Waals surface area contributed by atoms with E-state index in [2.05, 4.69) is 5.32 Å². The van der Waals surface area contributed by atoms with Crippen LogP contribution in [-0.2, 0) is 14.3 Å². The Morgan fingerprint density at radius 2 is 1.50 bits per heavy atom. The van der Waals surface area contributed by atoms with Crippen LogP contribution in [0.4, 0.5) is 0 Å². The Morgan fingerprint density at radius 3 is 2.09 bits per heavy atom. The molecule has 2 fully saturated rings. The number of carboxylic acids is 1. The third-order valence-corrected chi connectivity index (χ3v) is 5.00. The molecule has 5 nitrogen and oxygen atoms in total. The normalized spacial score (nSPS) is 27.1. The molecule has 0 aliphatic heterocycles. The van der Waals surface area contributed by atoms with Gasteiger partial charge in [0.1, 0.15) is 0 Å². The summed E-state index contributed by atoms with van der Waals surface area (Å²) < 4.78 is 5.86. The predicted molar refractivity (Wildman–Crippen MR) is 83.5 cm³/mol. The first-order chi connectivity index (χ1) is 10.7. The van der Waals surface area contributed by atoms with E-state index in [9.17, 15) is 9.59 Å². The third kappa shape index (κ3) is 5.59. The summed E-state index contributed by atoms with van der Waals surface area (Å²) in [6.45, 7) is 1.15. The predicted octanol–water partition coefficient (Wildman–Crippen LogP) is 2.73. The molecule has 0 radical (unpaired) electrons. The van der Waals surface area contributed by atoms with Crippen molar-refractivity contribution in [1.82, 2.24) is 5.32 Å². The lowest BCUT2D eigenvalue weighted by Gasteiger charge is -2.25. The molecular weight excluding hydrogens is 282 g/mol. The van der Waals surface area contributed by atoms with Crippen LogP contribution in [0.15, 0.2) is 0 Å². The first kappa shape index (κ1) is 17.3. The number of hydrogen-bond acceptors (Lipinski definition) is 3. The maximum Gasteiger partial charge on any atom is 0.306 e. The smallest absolute Gasteiger partial charge is 0.306 e. The Balaban J connectivity index is 1.57. The quantitative estimate of drug-likeness (QED) is 0.584. The van der Waals surface area contributed by atoms with Crippen molar-refractivity contribution in [2.45, 2.75) is 70.3 Å². The van der Waals surface area contributed by atoms with E-state index in [4.69, 9.17) is 9.84 Å². The van der Waals surface area contributed by atoms with Crippen LogP contribution >= 0.6 is 0 Å². The largest absolute Gasteiger partial charge is 0.481 e. The van der Waals surface area contributed by atoms with E-state index < -0.39 is 5.97 Å². The van der Waals surface area contributed by atoms with Crippen LogP contribution in [-0.4, -0.2) is 36.2 Å². The summed E-state index contributed by atoms with van der Waals surface area (Å²) in [5.74, 6) is -0.944. The lowest BCUT2D eigenvalue weighted by Crippen LogP contribution is -2.36. The number of ether oxygens (including phenoxy) is 1. The van der Waals surface area contributed by atoms with Crippen molar-refractivity contribution < 1.29 is 19.4 Å².